The van der Waals surface area contributed by atoms with Crippen LogP contribution < -0.4 is 0 Å². The minimum atomic E-state index is -0.230. The number of rotatable bonds is 9. The minimum absolute atomic E-state index is 0.230. The molecule has 0 radical (unpaired) electrons. The summed E-state index contributed by atoms with van der Waals surface area (Å²) < 4.78 is 0. The third kappa shape index (κ3) is 8.52. The lowest BCUT2D eigenvalue weighted by Gasteiger charge is -2.22. The maximum Gasteiger partial charge on any atom is 0.138 e. The van der Waals surface area contributed by atoms with Crippen molar-refractivity contribution in [3.8, 4) is 0 Å². The van der Waals surface area contributed by atoms with Crippen molar-refractivity contribution >= 4 is 11.9 Å². The van der Waals surface area contributed by atoms with Gasteiger partial charge in [-0.1, -0.05) is 92.2 Å². The normalized spacial score (nSPS) is 12.1. The highest BCUT2D eigenvalue weighted by atomic mass is 16.1. The van der Waals surface area contributed by atoms with E-state index in [1.54, 1.807) is 0 Å². The van der Waals surface area contributed by atoms with Crippen LogP contribution in [-0.4, -0.2) is 5.78 Å². The number of ketones is 1. The Labute approximate surface area is 156 Å². The second-order valence-corrected chi connectivity index (χ2v) is 7.68. The van der Waals surface area contributed by atoms with Crippen molar-refractivity contribution in [1.29, 1.82) is 0 Å². The minimum Gasteiger partial charge on any atom is -0.299 e. The molecule has 0 heterocycles. The maximum absolute atomic E-state index is 12.4. The molecule has 1 heteroatoms. The zero-order valence-electron chi connectivity index (χ0n) is 17.7. The van der Waals surface area contributed by atoms with Gasteiger partial charge in [-0.3, -0.25) is 4.79 Å². The van der Waals surface area contributed by atoms with E-state index in [0.29, 0.717) is 18.1 Å². The number of unbranched alkanes of at least 4 members (excludes halogenated alkanes) is 1. The first kappa shape index (κ1) is 23.6. The molecule has 1 nitrogen and oxygen atoms in total. The SMILES string of the molecule is C=Cc1ccc(CC(CCCC)CC(=O)C(C)(C)C)cc1CC.CC. The molecule has 1 rings (SSSR count). The molecule has 0 fully saturated rings. The Balaban J connectivity index is 0.00000277. The number of aryl methyl sites for hydroxylation is 1. The quantitative estimate of drug-likeness (QED) is 0.460. The van der Waals surface area contributed by atoms with Gasteiger partial charge >= 0.3 is 0 Å². The molecule has 0 saturated heterocycles. The molecule has 0 aromatic heterocycles. The molecule has 0 aliphatic carbocycles. The predicted molar refractivity (Wildman–Crippen MR) is 113 cm³/mol. The molecule has 0 amide bonds. The van der Waals surface area contributed by atoms with Crippen molar-refractivity contribution < 1.29 is 4.79 Å². The lowest BCUT2D eigenvalue weighted by molar-refractivity contribution is -0.127. The fourth-order valence-corrected chi connectivity index (χ4v) is 2.96. The molecule has 1 atom stereocenters. The monoisotopic (exact) mass is 344 g/mol. The maximum atomic E-state index is 12.4. The highest BCUT2D eigenvalue weighted by Crippen LogP contribution is 2.26. The molecule has 1 aromatic rings. The summed E-state index contributed by atoms with van der Waals surface area (Å²) in [4.78, 5) is 12.4. The van der Waals surface area contributed by atoms with E-state index in [-0.39, 0.29) is 5.41 Å². The van der Waals surface area contributed by atoms with Gasteiger partial charge in [0.25, 0.3) is 0 Å². The number of carbonyl (C=O) groups excluding carboxylic acids is 1. The van der Waals surface area contributed by atoms with Crippen LogP contribution in [0.2, 0.25) is 0 Å². The van der Waals surface area contributed by atoms with Gasteiger partial charge in [-0.15, -0.1) is 0 Å². The van der Waals surface area contributed by atoms with Crippen molar-refractivity contribution in [2.75, 3.05) is 0 Å². The summed E-state index contributed by atoms with van der Waals surface area (Å²) in [5, 5.41) is 0. The van der Waals surface area contributed by atoms with Crippen molar-refractivity contribution in [2.24, 2.45) is 11.3 Å². The molecule has 0 aliphatic heterocycles. The molecule has 1 unspecified atom stereocenters. The Kier molecular flexibility index (Phi) is 11.4. The van der Waals surface area contributed by atoms with E-state index in [4.69, 9.17) is 0 Å². The van der Waals surface area contributed by atoms with Crippen LogP contribution in [0.4, 0.5) is 0 Å². The first-order valence-electron chi connectivity index (χ1n) is 10.1. The Morgan fingerprint density at radius 2 is 1.84 bits per heavy atom. The lowest BCUT2D eigenvalue weighted by Crippen LogP contribution is -2.24. The van der Waals surface area contributed by atoms with E-state index in [2.05, 4.69) is 38.6 Å². The van der Waals surface area contributed by atoms with Crippen LogP contribution in [0.1, 0.15) is 90.8 Å². The first-order chi connectivity index (χ1) is 11.8. The van der Waals surface area contributed by atoms with Crippen LogP contribution in [-0.2, 0) is 17.6 Å². The number of carbonyl (C=O) groups is 1. The van der Waals surface area contributed by atoms with Gasteiger partial charge in [0.05, 0.1) is 0 Å². The molecule has 142 valence electrons. The van der Waals surface area contributed by atoms with E-state index in [1.807, 2.05) is 40.7 Å². The number of benzene rings is 1. The number of hydrogen-bond acceptors (Lipinski definition) is 1. The Morgan fingerprint density at radius 3 is 2.32 bits per heavy atom. The lowest BCUT2D eigenvalue weighted by atomic mass is 9.81. The number of Topliss-reactive ketones (excluding diaryl/α,β-unsaturated/α-hetero) is 1. The van der Waals surface area contributed by atoms with Crippen LogP contribution >= 0.6 is 0 Å². The van der Waals surface area contributed by atoms with Gasteiger partial charge in [0, 0.05) is 11.8 Å². The van der Waals surface area contributed by atoms with Gasteiger partial charge in [0.15, 0.2) is 0 Å². The highest BCUT2D eigenvalue weighted by Gasteiger charge is 2.24. The molecule has 0 bridgehead atoms. The van der Waals surface area contributed by atoms with Crippen molar-refractivity contribution in [2.45, 2.75) is 87.0 Å². The molecule has 0 saturated carbocycles. The summed E-state index contributed by atoms with van der Waals surface area (Å²) in [6.45, 7) is 18.4. The average molecular weight is 345 g/mol. The second-order valence-electron chi connectivity index (χ2n) is 7.68. The third-order valence-corrected chi connectivity index (χ3v) is 4.61. The fraction of sp³-hybridized carbons (Fsp3) is 0.625. The summed E-state index contributed by atoms with van der Waals surface area (Å²) in [5.41, 5.74) is 3.71. The summed E-state index contributed by atoms with van der Waals surface area (Å²) in [7, 11) is 0. The number of hydrogen-bond donors (Lipinski definition) is 0. The zero-order chi connectivity index (χ0) is 19.5. The molecule has 0 aliphatic rings. The Morgan fingerprint density at radius 1 is 1.20 bits per heavy atom. The van der Waals surface area contributed by atoms with Gasteiger partial charge < -0.3 is 0 Å². The van der Waals surface area contributed by atoms with Crippen LogP contribution in [0.5, 0.6) is 0 Å². The zero-order valence-corrected chi connectivity index (χ0v) is 17.7. The van der Waals surface area contributed by atoms with Gasteiger partial charge in [0.2, 0.25) is 0 Å². The van der Waals surface area contributed by atoms with Crippen molar-refractivity contribution in [1.82, 2.24) is 0 Å². The van der Waals surface area contributed by atoms with E-state index in [0.717, 1.165) is 19.3 Å². The molecule has 25 heavy (non-hydrogen) atoms. The largest absolute Gasteiger partial charge is 0.299 e. The Hall–Kier alpha value is -1.37. The molecule has 0 spiro atoms. The smallest absolute Gasteiger partial charge is 0.138 e. The van der Waals surface area contributed by atoms with E-state index in [9.17, 15) is 4.79 Å². The van der Waals surface area contributed by atoms with Crippen molar-refractivity contribution in [3.05, 3.63) is 41.5 Å². The van der Waals surface area contributed by atoms with Crippen LogP contribution in [0.15, 0.2) is 24.8 Å². The third-order valence-electron chi connectivity index (χ3n) is 4.61. The van der Waals surface area contributed by atoms with E-state index in [1.165, 1.54) is 29.5 Å². The van der Waals surface area contributed by atoms with Gasteiger partial charge in [-0.2, -0.15) is 0 Å². The predicted octanol–water partition coefficient (Wildman–Crippen LogP) is 7.27. The van der Waals surface area contributed by atoms with Gasteiger partial charge in [-0.05, 0) is 41.9 Å². The summed E-state index contributed by atoms with van der Waals surface area (Å²) in [5.74, 6) is 0.845. The molecule has 1 aromatic carbocycles. The molecular formula is C24H40O. The van der Waals surface area contributed by atoms with Crippen LogP contribution in [0.25, 0.3) is 6.08 Å². The first-order valence-corrected chi connectivity index (χ1v) is 10.1. The molecule has 0 N–H and O–H groups in total. The van der Waals surface area contributed by atoms with E-state index < -0.39 is 0 Å². The van der Waals surface area contributed by atoms with Gasteiger partial charge in [0.1, 0.15) is 5.78 Å². The standard InChI is InChI=1S/C22H34O.C2H6/c1-7-10-11-17(16-21(23)22(4,5)6)14-18-12-13-19(8-2)20(9-3)15-18;1-2/h8,12-13,15,17H,2,7,9-11,14,16H2,1,3-6H3;1-2H3. The summed E-state index contributed by atoms with van der Waals surface area (Å²) in [6.07, 6.45) is 8.20. The summed E-state index contributed by atoms with van der Waals surface area (Å²) in [6, 6.07) is 6.68. The second kappa shape index (κ2) is 12.1. The fourth-order valence-electron chi connectivity index (χ4n) is 2.96. The van der Waals surface area contributed by atoms with Gasteiger partial charge in [-0.25, -0.2) is 0 Å². The Bertz CT molecular complexity index is 519. The van der Waals surface area contributed by atoms with E-state index >= 15 is 0 Å². The average Bonchev–Trinajstić information content (AvgIpc) is 2.60. The summed E-state index contributed by atoms with van der Waals surface area (Å²) >= 11 is 0. The topological polar surface area (TPSA) is 17.1 Å². The highest BCUT2D eigenvalue weighted by molar-refractivity contribution is 5.83. The van der Waals surface area contributed by atoms with Crippen molar-refractivity contribution in [3.63, 3.8) is 0 Å². The van der Waals surface area contributed by atoms with Crippen LogP contribution in [0.3, 0.4) is 0 Å². The molecular weight excluding hydrogens is 304 g/mol. The van der Waals surface area contributed by atoms with Crippen LogP contribution in [0, 0.1) is 11.3 Å².